The number of ether oxygens (including phenoxy) is 1. The van der Waals surface area contributed by atoms with Crippen LogP contribution in [-0.4, -0.2) is 42.0 Å². The Kier molecular flexibility index (Phi) is 4.63. The monoisotopic (exact) mass is 257 g/mol. The molecule has 1 unspecified atom stereocenters. The summed E-state index contributed by atoms with van der Waals surface area (Å²) in [5.41, 5.74) is 0.241. The van der Waals surface area contributed by atoms with Crippen molar-refractivity contribution in [1.82, 2.24) is 4.90 Å². The van der Waals surface area contributed by atoms with Gasteiger partial charge in [0.15, 0.2) is 0 Å². The molecule has 1 aromatic rings. The first-order valence-electron chi connectivity index (χ1n) is 5.21. The third-order valence-corrected chi connectivity index (χ3v) is 3.09. The predicted molar refractivity (Wildman–Crippen MR) is 66.9 cm³/mol. The van der Waals surface area contributed by atoms with Gasteiger partial charge in [-0.1, -0.05) is 0 Å². The number of aromatic hydroxyl groups is 1. The number of amides is 1. The maximum atomic E-state index is 12.0. The van der Waals surface area contributed by atoms with Crippen molar-refractivity contribution in [3.05, 3.63) is 23.8 Å². The van der Waals surface area contributed by atoms with Gasteiger partial charge in [-0.25, -0.2) is 0 Å². The normalized spacial score (nSPS) is 12.0. The molecule has 5 heteroatoms. The van der Waals surface area contributed by atoms with E-state index in [1.54, 1.807) is 13.1 Å². The Morgan fingerprint density at radius 2 is 2.24 bits per heavy atom. The number of carbonyl (C=O) groups is 1. The average molecular weight is 258 g/mol. The number of phenolic OH excluding ortho intramolecular Hbond substituents is 1. The van der Waals surface area contributed by atoms with Crippen LogP contribution in [0, 0.1) is 0 Å². The summed E-state index contributed by atoms with van der Waals surface area (Å²) in [7, 11) is 3.15. The fraction of sp³-hybridized carbons (Fsp3) is 0.417. The standard InChI is InChI=1S/C12H16ClNO3/c1-8(7-13)14(2)12(16)10-5-4-9(17-3)6-11(10)15/h4-6,8,15H,7H2,1-3H3. The number of halogens is 1. The Labute approximate surface area is 106 Å². The molecule has 0 fully saturated rings. The van der Waals surface area contributed by atoms with Crippen molar-refractivity contribution >= 4 is 17.5 Å². The van der Waals surface area contributed by atoms with Crippen LogP contribution < -0.4 is 4.74 Å². The minimum atomic E-state index is -0.265. The van der Waals surface area contributed by atoms with Gasteiger partial charge in [0, 0.05) is 25.0 Å². The minimum absolute atomic E-state index is 0.0920. The number of methoxy groups -OCH3 is 1. The van der Waals surface area contributed by atoms with Crippen molar-refractivity contribution < 1.29 is 14.6 Å². The molecule has 17 heavy (non-hydrogen) atoms. The molecule has 1 N–H and O–H groups in total. The highest BCUT2D eigenvalue weighted by molar-refractivity contribution is 6.18. The lowest BCUT2D eigenvalue weighted by Gasteiger charge is -2.23. The second-order valence-electron chi connectivity index (χ2n) is 3.80. The summed E-state index contributed by atoms with van der Waals surface area (Å²) in [6.45, 7) is 1.84. The molecule has 1 aromatic carbocycles. The summed E-state index contributed by atoms with van der Waals surface area (Å²) in [6, 6.07) is 4.48. The second kappa shape index (κ2) is 5.77. The number of nitrogens with zero attached hydrogens (tertiary/aromatic N) is 1. The highest BCUT2D eigenvalue weighted by atomic mass is 35.5. The molecule has 0 aliphatic rings. The van der Waals surface area contributed by atoms with E-state index in [4.69, 9.17) is 16.3 Å². The zero-order valence-corrected chi connectivity index (χ0v) is 10.9. The Morgan fingerprint density at radius 1 is 1.59 bits per heavy atom. The van der Waals surface area contributed by atoms with Crippen molar-refractivity contribution in [3.8, 4) is 11.5 Å². The average Bonchev–Trinajstić information content (AvgIpc) is 2.35. The van der Waals surface area contributed by atoms with E-state index in [-0.39, 0.29) is 23.3 Å². The highest BCUT2D eigenvalue weighted by Crippen LogP contribution is 2.24. The molecule has 1 rings (SSSR count). The quantitative estimate of drug-likeness (QED) is 0.841. The molecule has 0 bridgehead atoms. The smallest absolute Gasteiger partial charge is 0.257 e. The number of hydrogen-bond acceptors (Lipinski definition) is 3. The van der Waals surface area contributed by atoms with Crippen LogP contribution in [0.1, 0.15) is 17.3 Å². The van der Waals surface area contributed by atoms with Crippen LogP contribution in [0.4, 0.5) is 0 Å². The molecule has 0 heterocycles. The van der Waals surface area contributed by atoms with Crippen molar-refractivity contribution in [2.75, 3.05) is 20.0 Å². The Balaban J connectivity index is 2.96. The fourth-order valence-electron chi connectivity index (χ4n) is 1.31. The van der Waals surface area contributed by atoms with Gasteiger partial charge in [-0.15, -0.1) is 11.6 Å². The Hall–Kier alpha value is -1.42. The molecular weight excluding hydrogens is 242 g/mol. The molecule has 0 radical (unpaired) electrons. The lowest BCUT2D eigenvalue weighted by Crippen LogP contribution is -2.36. The van der Waals surface area contributed by atoms with Crippen LogP contribution in [-0.2, 0) is 0 Å². The Morgan fingerprint density at radius 3 is 2.71 bits per heavy atom. The van der Waals surface area contributed by atoms with Gasteiger partial charge in [-0.2, -0.15) is 0 Å². The van der Waals surface area contributed by atoms with E-state index in [1.165, 1.54) is 24.1 Å². The maximum Gasteiger partial charge on any atom is 0.257 e. The van der Waals surface area contributed by atoms with Crippen LogP contribution in [0.25, 0.3) is 0 Å². The second-order valence-corrected chi connectivity index (χ2v) is 4.11. The lowest BCUT2D eigenvalue weighted by atomic mass is 10.1. The van der Waals surface area contributed by atoms with Crippen molar-refractivity contribution in [2.45, 2.75) is 13.0 Å². The number of carbonyl (C=O) groups excluding carboxylic acids is 1. The first-order valence-corrected chi connectivity index (χ1v) is 5.74. The van der Waals surface area contributed by atoms with E-state index in [2.05, 4.69) is 0 Å². The molecule has 0 spiro atoms. The zero-order valence-electron chi connectivity index (χ0n) is 10.1. The van der Waals surface area contributed by atoms with Crippen LogP contribution >= 0.6 is 11.6 Å². The number of rotatable bonds is 4. The third-order valence-electron chi connectivity index (χ3n) is 2.64. The molecule has 0 aliphatic heterocycles. The molecule has 0 saturated heterocycles. The van der Waals surface area contributed by atoms with E-state index in [0.29, 0.717) is 11.6 Å². The van der Waals surface area contributed by atoms with E-state index >= 15 is 0 Å². The predicted octanol–water partition coefficient (Wildman–Crippen LogP) is 2.10. The number of alkyl halides is 1. The van der Waals surface area contributed by atoms with Crippen molar-refractivity contribution in [1.29, 1.82) is 0 Å². The van der Waals surface area contributed by atoms with Gasteiger partial charge in [0.25, 0.3) is 5.91 Å². The number of phenols is 1. The zero-order chi connectivity index (χ0) is 13.0. The topological polar surface area (TPSA) is 49.8 Å². The van der Waals surface area contributed by atoms with Gasteiger partial charge in [0.05, 0.1) is 12.7 Å². The number of hydrogen-bond donors (Lipinski definition) is 1. The van der Waals surface area contributed by atoms with Gasteiger partial charge in [0.2, 0.25) is 0 Å². The van der Waals surface area contributed by atoms with E-state index < -0.39 is 0 Å². The van der Waals surface area contributed by atoms with Gasteiger partial charge < -0.3 is 14.7 Å². The SMILES string of the molecule is COc1ccc(C(=O)N(C)C(C)CCl)c(O)c1. The van der Waals surface area contributed by atoms with Gasteiger partial charge >= 0.3 is 0 Å². The van der Waals surface area contributed by atoms with Crippen molar-refractivity contribution in [3.63, 3.8) is 0 Å². The van der Waals surface area contributed by atoms with Gasteiger partial charge in [-0.3, -0.25) is 4.79 Å². The minimum Gasteiger partial charge on any atom is -0.507 e. The summed E-state index contributed by atoms with van der Waals surface area (Å²) in [4.78, 5) is 13.5. The van der Waals surface area contributed by atoms with Crippen molar-refractivity contribution in [2.24, 2.45) is 0 Å². The third kappa shape index (κ3) is 3.03. The summed E-state index contributed by atoms with van der Waals surface area (Å²) in [6.07, 6.45) is 0. The van der Waals surface area contributed by atoms with Gasteiger partial charge in [0.1, 0.15) is 11.5 Å². The molecule has 0 aliphatic carbocycles. The summed E-state index contributed by atoms with van der Waals surface area (Å²) in [5.74, 6) is 0.493. The maximum absolute atomic E-state index is 12.0. The summed E-state index contributed by atoms with van der Waals surface area (Å²) in [5, 5.41) is 9.74. The van der Waals surface area contributed by atoms with Crippen LogP contribution in [0.15, 0.2) is 18.2 Å². The molecule has 4 nitrogen and oxygen atoms in total. The van der Waals surface area contributed by atoms with Crippen LogP contribution in [0.3, 0.4) is 0 Å². The summed E-state index contributed by atoms with van der Waals surface area (Å²) < 4.78 is 4.95. The Bertz CT molecular complexity index is 409. The molecule has 1 atom stereocenters. The molecular formula is C12H16ClNO3. The highest BCUT2D eigenvalue weighted by Gasteiger charge is 2.19. The number of benzene rings is 1. The largest absolute Gasteiger partial charge is 0.507 e. The lowest BCUT2D eigenvalue weighted by molar-refractivity contribution is 0.0753. The molecule has 0 aromatic heterocycles. The van der Waals surface area contributed by atoms with E-state index in [0.717, 1.165) is 0 Å². The van der Waals surface area contributed by atoms with Crippen LogP contribution in [0.5, 0.6) is 11.5 Å². The fourth-order valence-corrected chi connectivity index (χ4v) is 1.52. The van der Waals surface area contributed by atoms with E-state index in [9.17, 15) is 9.90 Å². The molecule has 0 saturated carbocycles. The summed E-state index contributed by atoms with van der Waals surface area (Å²) >= 11 is 5.69. The van der Waals surface area contributed by atoms with Crippen LogP contribution in [0.2, 0.25) is 0 Å². The molecule has 94 valence electrons. The first-order chi connectivity index (χ1) is 8.01. The molecule has 1 amide bonds. The van der Waals surface area contributed by atoms with Gasteiger partial charge in [-0.05, 0) is 19.1 Å². The first kappa shape index (κ1) is 13.6. The van der Waals surface area contributed by atoms with E-state index in [1.807, 2.05) is 6.92 Å².